The van der Waals surface area contributed by atoms with E-state index in [1.165, 1.54) is 0 Å². The molecule has 0 fully saturated rings. The Labute approximate surface area is 96.3 Å². The molecular formula is C12H19N3O. The SMILES string of the molecule is CC(C)(C)CNC(=O)Cc1ccc(N)cn1. The van der Waals surface area contributed by atoms with Crippen LogP contribution in [0.4, 0.5) is 5.69 Å². The minimum atomic E-state index is -0.00723. The van der Waals surface area contributed by atoms with Gasteiger partial charge in [0.15, 0.2) is 0 Å². The van der Waals surface area contributed by atoms with Crippen LogP contribution in [0.5, 0.6) is 0 Å². The Balaban J connectivity index is 2.43. The van der Waals surface area contributed by atoms with Crippen molar-refractivity contribution in [2.24, 2.45) is 5.41 Å². The lowest BCUT2D eigenvalue weighted by atomic mass is 9.97. The molecule has 1 rings (SSSR count). The van der Waals surface area contributed by atoms with Gasteiger partial charge >= 0.3 is 0 Å². The minimum Gasteiger partial charge on any atom is -0.397 e. The monoisotopic (exact) mass is 221 g/mol. The van der Waals surface area contributed by atoms with Gasteiger partial charge in [0.2, 0.25) is 5.91 Å². The van der Waals surface area contributed by atoms with E-state index in [0.717, 1.165) is 5.69 Å². The summed E-state index contributed by atoms with van der Waals surface area (Å²) in [5.74, 6) is -0.00723. The molecule has 0 aliphatic rings. The lowest BCUT2D eigenvalue weighted by molar-refractivity contribution is -0.120. The maximum Gasteiger partial charge on any atom is 0.226 e. The van der Waals surface area contributed by atoms with Crippen LogP contribution in [0.1, 0.15) is 26.5 Å². The van der Waals surface area contributed by atoms with Gasteiger partial charge in [0.05, 0.1) is 18.3 Å². The second kappa shape index (κ2) is 4.96. The number of rotatable bonds is 3. The van der Waals surface area contributed by atoms with Crippen LogP contribution in [0.25, 0.3) is 0 Å². The summed E-state index contributed by atoms with van der Waals surface area (Å²) in [5.41, 5.74) is 6.96. The normalized spacial score (nSPS) is 11.2. The van der Waals surface area contributed by atoms with Gasteiger partial charge in [0.1, 0.15) is 0 Å². The molecule has 0 unspecified atom stereocenters. The minimum absolute atomic E-state index is 0.00723. The Morgan fingerprint density at radius 2 is 2.12 bits per heavy atom. The number of hydrogen-bond donors (Lipinski definition) is 2. The van der Waals surface area contributed by atoms with Gasteiger partial charge in [-0.3, -0.25) is 9.78 Å². The van der Waals surface area contributed by atoms with E-state index in [9.17, 15) is 4.79 Å². The van der Waals surface area contributed by atoms with Gasteiger partial charge < -0.3 is 11.1 Å². The molecular weight excluding hydrogens is 202 g/mol. The van der Waals surface area contributed by atoms with Crippen LogP contribution < -0.4 is 11.1 Å². The molecule has 0 radical (unpaired) electrons. The number of nitrogens with one attached hydrogen (secondary N) is 1. The number of nitrogen functional groups attached to an aromatic ring is 1. The molecule has 16 heavy (non-hydrogen) atoms. The maximum absolute atomic E-state index is 11.6. The molecule has 1 heterocycles. The fourth-order valence-electron chi connectivity index (χ4n) is 1.13. The summed E-state index contributed by atoms with van der Waals surface area (Å²) in [4.78, 5) is 15.6. The Morgan fingerprint density at radius 3 is 2.62 bits per heavy atom. The summed E-state index contributed by atoms with van der Waals surface area (Å²) >= 11 is 0. The smallest absolute Gasteiger partial charge is 0.226 e. The van der Waals surface area contributed by atoms with Crippen molar-refractivity contribution in [2.45, 2.75) is 27.2 Å². The molecule has 0 aliphatic heterocycles. The summed E-state index contributed by atoms with van der Waals surface area (Å²) in [5, 5.41) is 2.88. The van der Waals surface area contributed by atoms with Crippen LogP contribution in [0, 0.1) is 5.41 Å². The van der Waals surface area contributed by atoms with Gasteiger partial charge in [-0.2, -0.15) is 0 Å². The predicted molar refractivity (Wildman–Crippen MR) is 64.8 cm³/mol. The van der Waals surface area contributed by atoms with Crippen molar-refractivity contribution in [1.82, 2.24) is 10.3 Å². The molecule has 1 amide bonds. The average Bonchev–Trinajstić information content (AvgIpc) is 2.18. The van der Waals surface area contributed by atoms with E-state index in [2.05, 4.69) is 31.1 Å². The van der Waals surface area contributed by atoms with Crippen molar-refractivity contribution in [2.75, 3.05) is 12.3 Å². The lowest BCUT2D eigenvalue weighted by Gasteiger charge is -2.18. The molecule has 0 spiro atoms. The van der Waals surface area contributed by atoms with Gasteiger partial charge in [-0.05, 0) is 17.5 Å². The molecule has 1 aromatic rings. The Bertz CT molecular complexity index is 352. The highest BCUT2D eigenvalue weighted by molar-refractivity contribution is 5.78. The largest absolute Gasteiger partial charge is 0.397 e. The van der Waals surface area contributed by atoms with Gasteiger partial charge in [-0.1, -0.05) is 20.8 Å². The molecule has 3 N–H and O–H groups in total. The van der Waals surface area contributed by atoms with Crippen LogP contribution in [0.2, 0.25) is 0 Å². The molecule has 0 saturated heterocycles. The zero-order valence-corrected chi connectivity index (χ0v) is 10.1. The second-order valence-corrected chi connectivity index (χ2v) is 5.10. The van der Waals surface area contributed by atoms with Crippen LogP contribution in [0.3, 0.4) is 0 Å². The zero-order valence-electron chi connectivity index (χ0n) is 10.1. The van der Waals surface area contributed by atoms with Crippen LogP contribution in [-0.2, 0) is 11.2 Å². The number of anilines is 1. The summed E-state index contributed by atoms with van der Waals surface area (Å²) in [6.07, 6.45) is 1.86. The van der Waals surface area contributed by atoms with E-state index in [1.54, 1.807) is 18.3 Å². The number of carbonyl (C=O) groups is 1. The molecule has 0 saturated carbocycles. The number of nitrogens with zero attached hydrogens (tertiary/aromatic N) is 1. The van der Waals surface area contributed by atoms with Crippen molar-refractivity contribution >= 4 is 11.6 Å². The quantitative estimate of drug-likeness (QED) is 0.810. The molecule has 88 valence electrons. The summed E-state index contributed by atoms with van der Waals surface area (Å²) in [6, 6.07) is 3.52. The zero-order chi connectivity index (χ0) is 12.2. The van der Waals surface area contributed by atoms with E-state index < -0.39 is 0 Å². The Morgan fingerprint density at radius 1 is 1.44 bits per heavy atom. The van der Waals surface area contributed by atoms with Crippen molar-refractivity contribution in [3.05, 3.63) is 24.0 Å². The molecule has 1 aromatic heterocycles. The standard InChI is InChI=1S/C12H19N3O/c1-12(2,3)8-15-11(16)6-10-5-4-9(13)7-14-10/h4-5,7H,6,8,13H2,1-3H3,(H,15,16). The molecule has 4 heteroatoms. The van der Waals surface area contributed by atoms with E-state index >= 15 is 0 Å². The second-order valence-electron chi connectivity index (χ2n) is 5.10. The fourth-order valence-corrected chi connectivity index (χ4v) is 1.13. The molecule has 4 nitrogen and oxygen atoms in total. The Kier molecular flexibility index (Phi) is 3.88. The average molecular weight is 221 g/mol. The molecule has 0 bridgehead atoms. The fraction of sp³-hybridized carbons (Fsp3) is 0.500. The van der Waals surface area contributed by atoms with Gasteiger partial charge in [-0.25, -0.2) is 0 Å². The van der Waals surface area contributed by atoms with Crippen molar-refractivity contribution in [3.8, 4) is 0 Å². The third kappa shape index (κ3) is 4.77. The first-order chi connectivity index (χ1) is 7.37. The number of aromatic nitrogens is 1. The first kappa shape index (κ1) is 12.5. The number of hydrogen-bond acceptors (Lipinski definition) is 3. The third-order valence-electron chi connectivity index (χ3n) is 2.01. The van der Waals surface area contributed by atoms with Crippen LogP contribution >= 0.6 is 0 Å². The van der Waals surface area contributed by atoms with E-state index in [-0.39, 0.29) is 11.3 Å². The number of pyridine rings is 1. The molecule has 0 aliphatic carbocycles. The first-order valence-electron chi connectivity index (χ1n) is 5.34. The topological polar surface area (TPSA) is 68.0 Å². The van der Waals surface area contributed by atoms with Crippen molar-refractivity contribution in [1.29, 1.82) is 0 Å². The highest BCUT2D eigenvalue weighted by Gasteiger charge is 2.12. The van der Waals surface area contributed by atoms with Crippen molar-refractivity contribution in [3.63, 3.8) is 0 Å². The summed E-state index contributed by atoms with van der Waals surface area (Å²) < 4.78 is 0. The van der Waals surface area contributed by atoms with E-state index in [4.69, 9.17) is 5.73 Å². The van der Waals surface area contributed by atoms with E-state index in [0.29, 0.717) is 18.7 Å². The highest BCUT2D eigenvalue weighted by Crippen LogP contribution is 2.10. The summed E-state index contributed by atoms with van der Waals surface area (Å²) in [7, 11) is 0. The van der Waals surface area contributed by atoms with Gasteiger partial charge in [0, 0.05) is 12.2 Å². The third-order valence-corrected chi connectivity index (χ3v) is 2.01. The first-order valence-corrected chi connectivity index (χ1v) is 5.34. The molecule has 0 atom stereocenters. The molecule has 0 aromatic carbocycles. The maximum atomic E-state index is 11.6. The highest BCUT2D eigenvalue weighted by atomic mass is 16.1. The van der Waals surface area contributed by atoms with Crippen molar-refractivity contribution < 1.29 is 4.79 Å². The predicted octanol–water partition coefficient (Wildman–Crippen LogP) is 1.37. The number of amides is 1. The Hall–Kier alpha value is -1.58. The van der Waals surface area contributed by atoms with Gasteiger partial charge in [0.25, 0.3) is 0 Å². The van der Waals surface area contributed by atoms with Gasteiger partial charge in [-0.15, -0.1) is 0 Å². The number of nitrogens with two attached hydrogens (primary N) is 1. The van der Waals surface area contributed by atoms with E-state index in [1.807, 2.05) is 0 Å². The lowest BCUT2D eigenvalue weighted by Crippen LogP contribution is -2.33. The number of carbonyl (C=O) groups excluding carboxylic acids is 1. The van der Waals surface area contributed by atoms with Crippen LogP contribution in [-0.4, -0.2) is 17.4 Å². The summed E-state index contributed by atoms with van der Waals surface area (Å²) in [6.45, 7) is 6.90. The van der Waals surface area contributed by atoms with Crippen LogP contribution in [0.15, 0.2) is 18.3 Å².